The van der Waals surface area contributed by atoms with Crippen molar-refractivity contribution in [1.29, 1.82) is 0 Å². The minimum absolute atomic E-state index is 0.0855. The first kappa shape index (κ1) is 25.9. The molecule has 0 aliphatic carbocycles. The van der Waals surface area contributed by atoms with E-state index in [1.54, 1.807) is 13.8 Å². The number of hydrogen-bond acceptors (Lipinski definition) is 2. The molecule has 0 aromatic rings. The Balaban J connectivity index is 3.60. The first-order chi connectivity index (χ1) is 13.0. The number of hydrogen-bond donors (Lipinski definition) is 1. The van der Waals surface area contributed by atoms with Gasteiger partial charge < -0.3 is 5.11 Å². The Morgan fingerprint density at radius 1 is 0.704 bits per heavy atom. The van der Waals surface area contributed by atoms with Crippen molar-refractivity contribution in [2.75, 3.05) is 0 Å². The number of unbranched alkanes of at least 4 members (excludes halogenated alkanes) is 11. The summed E-state index contributed by atoms with van der Waals surface area (Å²) in [6, 6.07) is 0. The molecule has 3 heteroatoms. The molecule has 3 nitrogen and oxygen atoms in total. The topological polar surface area (TPSA) is 54.4 Å². The molecular weight excluding hydrogens is 336 g/mol. The lowest BCUT2D eigenvalue weighted by atomic mass is 9.76. The first-order valence-corrected chi connectivity index (χ1v) is 11.5. The number of carbonyl (C=O) groups excluding carboxylic acids is 1. The molecule has 0 saturated heterocycles. The molecule has 0 aliphatic heterocycles. The lowest BCUT2D eigenvalue weighted by Crippen LogP contribution is -2.38. The molecule has 0 aliphatic rings. The van der Waals surface area contributed by atoms with E-state index in [0.29, 0.717) is 19.3 Å². The summed E-state index contributed by atoms with van der Waals surface area (Å²) in [5.41, 5.74) is -1.15. The van der Waals surface area contributed by atoms with E-state index in [1.165, 1.54) is 57.8 Å². The number of allylic oxidation sites excluding steroid dienone is 2. The van der Waals surface area contributed by atoms with Crippen LogP contribution in [0.1, 0.15) is 124 Å². The zero-order valence-corrected chi connectivity index (χ0v) is 18.2. The second-order valence-corrected chi connectivity index (χ2v) is 7.85. The van der Waals surface area contributed by atoms with Crippen molar-refractivity contribution in [3.05, 3.63) is 12.2 Å². The van der Waals surface area contributed by atoms with Gasteiger partial charge in [0.15, 0.2) is 0 Å². The number of carboxylic acid groups (broad SMARTS) is 1. The average Bonchev–Trinajstić information content (AvgIpc) is 2.66. The third kappa shape index (κ3) is 11.3. The molecule has 0 aromatic heterocycles. The number of rotatable bonds is 19. The number of aliphatic carboxylic acids is 1. The lowest BCUT2D eigenvalue weighted by Gasteiger charge is -2.24. The Kier molecular flexibility index (Phi) is 16.3. The second kappa shape index (κ2) is 17.0. The Morgan fingerprint density at radius 3 is 1.59 bits per heavy atom. The molecule has 0 saturated carbocycles. The minimum atomic E-state index is -1.15. The summed E-state index contributed by atoms with van der Waals surface area (Å²) in [4.78, 5) is 23.8. The van der Waals surface area contributed by atoms with Gasteiger partial charge in [0.2, 0.25) is 0 Å². The highest BCUT2D eigenvalue weighted by atomic mass is 16.4. The Hall–Kier alpha value is -1.12. The van der Waals surface area contributed by atoms with Gasteiger partial charge in [-0.2, -0.15) is 0 Å². The number of carbonyl (C=O) groups is 2. The van der Waals surface area contributed by atoms with Gasteiger partial charge in [0.25, 0.3) is 0 Å². The van der Waals surface area contributed by atoms with Crippen molar-refractivity contribution in [1.82, 2.24) is 0 Å². The highest BCUT2D eigenvalue weighted by Gasteiger charge is 2.41. The standard InChI is InChI=1S/C24H44O3/c1-4-7-8-9-10-11-12-13-14-15-16-17-18-19-20-21-22(25)24(5-2,6-3)23(26)27/h13-14H,4-12,15-21H2,1-3H3,(H,26,27)/b14-13-. The smallest absolute Gasteiger partial charge is 0.317 e. The Morgan fingerprint density at radius 2 is 1.15 bits per heavy atom. The minimum Gasteiger partial charge on any atom is -0.480 e. The van der Waals surface area contributed by atoms with Crippen LogP contribution in [0, 0.1) is 5.41 Å². The molecule has 0 heterocycles. The third-order valence-electron chi connectivity index (χ3n) is 5.82. The fourth-order valence-electron chi connectivity index (χ4n) is 3.66. The van der Waals surface area contributed by atoms with Crippen LogP contribution in [0.5, 0.6) is 0 Å². The molecule has 0 rings (SSSR count). The van der Waals surface area contributed by atoms with Crippen LogP contribution >= 0.6 is 0 Å². The number of ketones is 1. The highest BCUT2D eigenvalue weighted by Crippen LogP contribution is 2.30. The van der Waals surface area contributed by atoms with Crippen LogP contribution in [-0.4, -0.2) is 16.9 Å². The maximum absolute atomic E-state index is 12.3. The second-order valence-electron chi connectivity index (χ2n) is 7.85. The van der Waals surface area contributed by atoms with Crippen LogP contribution in [0.3, 0.4) is 0 Å². The van der Waals surface area contributed by atoms with Crippen LogP contribution in [0.25, 0.3) is 0 Å². The van der Waals surface area contributed by atoms with Crippen molar-refractivity contribution in [3.8, 4) is 0 Å². The summed E-state index contributed by atoms with van der Waals surface area (Å²) in [6.07, 6.45) is 21.8. The van der Waals surface area contributed by atoms with Gasteiger partial charge in [-0.3, -0.25) is 9.59 Å². The molecule has 158 valence electrons. The average molecular weight is 381 g/mol. The summed E-state index contributed by atoms with van der Waals surface area (Å²) in [5, 5.41) is 9.39. The van der Waals surface area contributed by atoms with Crippen molar-refractivity contribution >= 4 is 11.8 Å². The van der Waals surface area contributed by atoms with Crippen molar-refractivity contribution in [3.63, 3.8) is 0 Å². The van der Waals surface area contributed by atoms with Crippen LogP contribution in [0.2, 0.25) is 0 Å². The maximum atomic E-state index is 12.3. The van der Waals surface area contributed by atoms with Crippen LogP contribution in [-0.2, 0) is 9.59 Å². The molecule has 0 unspecified atom stereocenters. The summed E-state index contributed by atoms with van der Waals surface area (Å²) >= 11 is 0. The van der Waals surface area contributed by atoms with Crippen LogP contribution < -0.4 is 0 Å². The molecule has 0 spiro atoms. The fourth-order valence-corrected chi connectivity index (χ4v) is 3.66. The molecule has 0 fully saturated rings. The molecule has 0 bridgehead atoms. The largest absolute Gasteiger partial charge is 0.480 e. The van der Waals surface area contributed by atoms with E-state index in [-0.39, 0.29) is 5.78 Å². The number of carboxylic acids is 1. The van der Waals surface area contributed by atoms with Gasteiger partial charge in [-0.05, 0) is 44.9 Å². The molecule has 0 atom stereocenters. The molecule has 0 radical (unpaired) electrons. The lowest BCUT2D eigenvalue weighted by molar-refractivity contribution is -0.155. The Labute approximate surface area is 168 Å². The normalized spacial score (nSPS) is 12.0. The Bertz CT molecular complexity index is 408. The highest BCUT2D eigenvalue weighted by molar-refractivity contribution is 6.02. The van der Waals surface area contributed by atoms with E-state index < -0.39 is 11.4 Å². The van der Waals surface area contributed by atoms with Gasteiger partial charge in [-0.15, -0.1) is 0 Å². The van der Waals surface area contributed by atoms with Gasteiger partial charge in [0.05, 0.1) is 0 Å². The van der Waals surface area contributed by atoms with Crippen molar-refractivity contribution < 1.29 is 14.7 Å². The molecule has 0 amide bonds. The van der Waals surface area contributed by atoms with Gasteiger partial charge in [0.1, 0.15) is 11.2 Å². The van der Waals surface area contributed by atoms with Crippen molar-refractivity contribution in [2.24, 2.45) is 5.41 Å². The first-order valence-electron chi connectivity index (χ1n) is 11.5. The van der Waals surface area contributed by atoms with Gasteiger partial charge in [-0.25, -0.2) is 0 Å². The van der Waals surface area contributed by atoms with E-state index in [0.717, 1.165) is 25.7 Å². The van der Waals surface area contributed by atoms with E-state index in [9.17, 15) is 14.7 Å². The molecule has 27 heavy (non-hydrogen) atoms. The van der Waals surface area contributed by atoms with Crippen molar-refractivity contribution in [2.45, 2.75) is 124 Å². The van der Waals surface area contributed by atoms with Crippen LogP contribution in [0.4, 0.5) is 0 Å². The fraction of sp³-hybridized carbons (Fsp3) is 0.833. The summed E-state index contributed by atoms with van der Waals surface area (Å²) in [6.45, 7) is 5.86. The van der Waals surface area contributed by atoms with E-state index in [2.05, 4.69) is 19.1 Å². The van der Waals surface area contributed by atoms with Gasteiger partial charge in [0, 0.05) is 6.42 Å². The zero-order valence-electron chi connectivity index (χ0n) is 18.2. The molecular formula is C24H44O3. The monoisotopic (exact) mass is 380 g/mol. The number of Topliss-reactive ketones (excluding diaryl/α,β-unsaturated/α-hetero) is 1. The SMILES string of the molecule is CCCCCCCC/C=C\CCCCCCCC(=O)C(CC)(CC)C(=O)O. The predicted molar refractivity (Wildman–Crippen MR) is 115 cm³/mol. The quantitative estimate of drug-likeness (QED) is 0.143. The summed E-state index contributed by atoms with van der Waals surface area (Å²) in [7, 11) is 0. The zero-order chi connectivity index (χ0) is 20.4. The molecule has 1 N–H and O–H groups in total. The van der Waals surface area contributed by atoms with E-state index in [4.69, 9.17) is 0 Å². The van der Waals surface area contributed by atoms with Gasteiger partial charge in [-0.1, -0.05) is 84.3 Å². The van der Waals surface area contributed by atoms with E-state index >= 15 is 0 Å². The van der Waals surface area contributed by atoms with E-state index in [1.807, 2.05) is 0 Å². The third-order valence-corrected chi connectivity index (χ3v) is 5.82. The van der Waals surface area contributed by atoms with Crippen LogP contribution in [0.15, 0.2) is 12.2 Å². The maximum Gasteiger partial charge on any atom is 0.317 e. The molecule has 0 aromatic carbocycles. The predicted octanol–water partition coefficient (Wildman–Crippen LogP) is 7.48. The summed E-state index contributed by atoms with van der Waals surface area (Å²) in [5.74, 6) is -1.04. The summed E-state index contributed by atoms with van der Waals surface area (Å²) < 4.78 is 0. The van der Waals surface area contributed by atoms with Gasteiger partial charge >= 0.3 is 5.97 Å².